The molecule has 1 rings (SSSR count). The van der Waals surface area contributed by atoms with Crippen molar-refractivity contribution in [3.63, 3.8) is 0 Å². The largest absolute Gasteiger partial charge is 0.496 e. The molecule has 0 unspecified atom stereocenters. The van der Waals surface area contributed by atoms with Gasteiger partial charge in [-0.15, -0.1) is 0 Å². The molecule has 0 radical (unpaired) electrons. The van der Waals surface area contributed by atoms with E-state index in [1.807, 2.05) is 38.1 Å². The summed E-state index contributed by atoms with van der Waals surface area (Å²) in [6.45, 7) is 3.76. The van der Waals surface area contributed by atoms with E-state index in [2.05, 4.69) is 5.32 Å². The molecule has 0 bridgehead atoms. The van der Waals surface area contributed by atoms with Gasteiger partial charge in [0.05, 0.1) is 12.6 Å². The molecule has 0 aliphatic carbocycles. The lowest BCUT2D eigenvalue weighted by Gasteiger charge is -2.22. The van der Waals surface area contributed by atoms with Crippen molar-refractivity contribution in [2.45, 2.75) is 25.8 Å². The van der Waals surface area contributed by atoms with Crippen LogP contribution in [0.4, 0.5) is 0 Å². The number of rotatable bonds is 5. The van der Waals surface area contributed by atoms with Crippen LogP contribution >= 0.6 is 0 Å². The number of Topliss-reactive ketones (excluding diaryl/α,β-unsaturated/α-hetero) is 1. The Morgan fingerprint density at radius 3 is 2.56 bits per heavy atom. The van der Waals surface area contributed by atoms with Crippen LogP contribution in [0.15, 0.2) is 24.3 Å². The molecule has 88 valence electrons. The first-order valence-corrected chi connectivity index (χ1v) is 5.35. The first kappa shape index (κ1) is 12.7. The molecule has 0 atom stereocenters. The van der Waals surface area contributed by atoms with Crippen LogP contribution in [0, 0.1) is 0 Å². The molecule has 0 aliphatic heterocycles. The summed E-state index contributed by atoms with van der Waals surface area (Å²) < 4.78 is 5.22. The first-order chi connectivity index (χ1) is 7.51. The number of hydrogen-bond donors (Lipinski definition) is 1. The number of likely N-dealkylation sites (N-methyl/N-ethyl adjacent to an activating group) is 1. The zero-order valence-electron chi connectivity index (χ0n) is 10.3. The normalized spacial score (nSPS) is 11.2. The molecule has 16 heavy (non-hydrogen) atoms. The Morgan fingerprint density at radius 2 is 2.00 bits per heavy atom. The minimum absolute atomic E-state index is 0.152. The molecular weight excluding hydrogens is 202 g/mol. The molecule has 1 aromatic carbocycles. The summed E-state index contributed by atoms with van der Waals surface area (Å²) in [5, 5.41) is 3.01. The van der Waals surface area contributed by atoms with Crippen molar-refractivity contribution >= 4 is 5.78 Å². The molecule has 3 nitrogen and oxygen atoms in total. The van der Waals surface area contributed by atoms with Crippen LogP contribution in [-0.2, 0) is 11.2 Å². The number of carbonyl (C=O) groups is 1. The molecule has 3 heteroatoms. The number of para-hydroxylation sites is 1. The Balaban J connectivity index is 2.85. The van der Waals surface area contributed by atoms with E-state index >= 15 is 0 Å². The van der Waals surface area contributed by atoms with Gasteiger partial charge in [-0.05, 0) is 27.0 Å². The van der Waals surface area contributed by atoms with E-state index in [-0.39, 0.29) is 5.78 Å². The van der Waals surface area contributed by atoms with Crippen molar-refractivity contribution in [3.8, 4) is 5.75 Å². The van der Waals surface area contributed by atoms with Gasteiger partial charge in [-0.3, -0.25) is 4.79 Å². The fourth-order valence-electron chi connectivity index (χ4n) is 1.38. The molecule has 0 saturated carbocycles. The summed E-state index contributed by atoms with van der Waals surface area (Å²) in [5.41, 5.74) is 0.430. The second-order valence-corrected chi connectivity index (χ2v) is 4.29. The van der Waals surface area contributed by atoms with Gasteiger partial charge in [0.15, 0.2) is 5.78 Å². The second kappa shape index (κ2) is 5.12. The lowest BCUT2D eigenvalue weighted by Crippen LogP contribution is -2.45. The number of methoxy groups -OCH3 is 1. The minimum atomic E-state index is -0.499. The third kappa shape index (κ3) is 2.83. The highest BCUT2D eigenvalue weighted by atomic mass is 16.5. The topological polar surface area (TPSA) is 38.3 Å². The number of carbonyl (C=O) groups excluding carboxylic acids is 1. The quantitative estimate of drug-likeness (QED) is 0.824. The summed E-state index contributed by atoms with van der Waals surface area (Å²) in [6.07, 6.45) is 0.387. The van der Waals surface area contributed by atoms with Gasteiger partial charge in [-0.25, -0.2) is 0 Å². The maximum Gasteiger partial charge on any atom is 0.156 e. The molecule has 0 saturated heterocycles. The van der Waals surface area contributed by atoms with E-state index in [1.165, 1.54) is 0 Å². The van der Waals surface area contributed by atoms with E-state index in [0.717, 1.165) is 11.3 Å². The molecule has 0 aromatic heterocycles. The third-order valence-electron chi connectivity index (χ3n) is 2.87. The molecule has 0 aliphatic rings. The van der Waals surface area contributed by atoms with Crippen molar-refractivity contribution < 1.29 is 9.53 Å². The highest BCUT2D eigenvalue weighted by Gasteiger charge is 2.25. The van der Waals surface area contributed by atoms with Crippen molar-refractivity contribution in [2.24, 2.45) is 0 Å². The van der Waals surface area contributed by atoms with E-state index in [1.54, 1.807) is 14.2 Å². The lowest BCUT2D eigenvalue weighted by atomic mass is 9.93. The van der Waals surface area contributed by atoms with E-state index in [9.17, 15) is 4.79 Å². The smallest absolute Gasteiger partial charge is 0.156 e. The summed E-state index contributed by atoms with van der Waals surface area (Å²) in [5.74, 6) is 0.919. The van der Waals surface area contributed by atoms with Crippen LogP contribution < -0.4 is 10.1 Å². The molecule has 0 amide bonds. The molecule has 1 N–H and O–H groups in total. The number of ether oxygens (including phenoxy) is 1. The zero-order chi connectivity index (χ0) is 12.2. The van der Waals surface area contributed by atoms with Crippen LogP contribution in [0.2, 0.25) is 0 Å². The fourth-order valence-corrected chi connectivity index (χ4v) is 1.38. The molecule has 0 spiro atoms. The van der Waals surface area contributed by atoms with Crippen molar-refractivity contribution in [1.29, 1.82) is 0 Å². The van der Waals surface area contributed by atoms with Crippen LogP contribution in [0.1, 0.15) is 19.4 Å². The van der Waals surface area contributed by atoms with Gasteiger partial charge in [0.25, 0.3) is 0 Å². The summed E-state index contributed by atoms with van der Waals surface area (Å²) >= 11 is 0. The fraction of sp³-hybridized carbons (Fsp3) is 0.462. The second-order valence-electron chi connectivity index (χ2n) is 4.29. The molecule has 0 heterocycles. The maximum atomic E-state index is 12.0. The minimum Gasteiger partial charge on any atom is -0.496 e. The Kier molecular flexibility index (Phi) is 4.07. The van der Waals surface area contributed by atoms with Gasteiger partial charge in [-0.1, -0.05) is 18.2 Å². The van der Waals surface area contributed by atoms with Gasteiger partial charge in [0.2, 0.25) is 0 Å². The van der Waals surface area contributed by atoms with Crippen molar-refractivity contribution in [2.75, 3.05) is 14.2 Å². The molecule has 0 fully saturated rings. The Labute approximate surface area is 96.8 Å². The Bertz CT molecular complexity index is 372. The number of hydrogen-bond acceptors (Lipinski definition) is 3. The van der Waals surface area contributed by atoms with Gasteiger partial charge in [0.1, 0.15) is 5.75 Å². The van der Waals surface area contributed by atoms with E-state index in [0.29, 0.717) is 6.42 Å². The monoisotopic (exact) mass is 221 g/mol. The molecule has 1 aromatic rings. The van der Waals surface area contributed by atoms with E-state index < -0.39 is 5.54 Å². The van der Waals surface area contributed by atoms with Crippen molar-refractivity contribution in [1.82, 2.24) is 5.32 Å². The van der Waals surface area contributed by atoms with Crippen LogP contribution in [-0.4, -0.2) is 25.5 Å². The third-order valence-corrected chi connectivity index (χ3v) is 2.87. The van der Waals surface area contributed by atoms with Gasteiger partial charge in [-0.2, -0.15) is 0 Å². The van der Waals surface area contributed by atoms with Crippen LogP contribution in [0.5, 0.6) is 5.75 Å². The highest BCUT2D eigenvalue weighted by Crippen LogP contribution is 2.20. The number of ketones is 1. The Hall–Kier alpha value is -1.35. The summed E-state index contributed by atoms with van der Waals surface area (Å²) in [6, 6.07) is 7.60. The van der Waals surface area contributed by atoms with Gasteiger partial charge >= 0.3 is 0 Å². The summed E-state index contributed by atoms with van der Waals surface area (Å²) in [7, 11) is 3.41. The van der Waals surface area contributed by atoms with Crippen molar-refractivity contribution in [3.05, 3.63) is 29.8 Å². The zero-order valence-corrected chi connectivity index (χ0v) is 10.3. The van der Waals surface area contributed by atoms with E-state index in [4.69, 9.17) is 4.74 Å². The number of nitrogens with one attached hydrogen (secondary N) is 1. The predicted molar refractivity (Wildman–Crippen MR) is 64.8 cm³/mol. The van der Waals surface area contributed by atoms with Gasteiger partial charge in [0, 0.05) is 12.0 Å². The number of benzene rings is 1. The lowest BCUT2D eigenvalue weighted by molar-refractivity contribution is -0.123. The molecular formula is C13H19NO2. The summed E-state index contributed by atoms with van der Waals surface area (Å²) in [4.78, 5) is 12.0. The van der Waals surface area contributed by atoms with Gasteiger partial charge < -0.3 is 10.1 Å². The van der Waals surface area contributed by atoms with Crippen LogP contribution in [0.25, 0.3) is 0 Å². The Morgan fingerprint density at radius 1 is 1.38 bits per heavy atom. The highest BCUT2D eigenvalue weighted by molar-refractivity contribution is 5.89. The standard InChI is InChI=1S/C13H19NO2/c1-13(2,14-3)12(15)9-10-7-5-6-8-11(10)16-4/h5-8,14H,9H2,1-4H3. The first-order valence-electron chi connectivity index (χ1n) is 5.35. The average Bonchev–Trinajstić information content (AvgIpc) is 2.29. The SMILES string of the molecule is CNC(C)(C)C(=O)Cc1ccccc1OC. The van der Waals surface area contributed by atoms with Crippen LogP contribution in [0.3, 0.4) is 0 Å². The maximum absolute atomic E-state index is 12.0. The average molecular weight is 221 g/mol. The predicted octanol–water partition coefficient (Wildman–Crippen LogP) is 1.80.